The fourth-order valence-electron chi connectivity index (χ4n) is 2.38. The van der Waals surface area contributed by atoms with E-state index in [0.717, 1.165) is 31.1 Å². The number of thiophene rings is 1. The molecule has 6 nitrogen and oxygen atoms in total. The van der Waals surface area contributed by atoms with Crippen LogP contribution in [0.25, 0.3) is 0 Å². The maximum atomic E-state index is 12.2. The molecule has 0 radical (unpaired) electrons. The highest BCUT2D eigenvalue weighted by atomic mass is 35.5. The zero-order chi connectivity index (χ0) is 15.9. The Hall–Kier alpha value is -1.15. The van der Waals surface area contributed by atoms with Gasteiger partial charge in [-0.15, -0.1) is 23.7 Å². The summed E-state index contributed by atoms with van der Waals surface area (Å²) in [6.45, 7) is 4.36. The van der Waals surface area contributed by atoms with Crippen LogP contribution >= 0.6 is 23.7 Å². The Kier molecular flexibility index (Phi) is 8.54. The second-order valence-electron chi connectivity index (χ2n) is 5.63. The molecule has 130 valence electrons. The maximum absolute atomic E-state index is 12.2. The van der Waals surface area contributed by atoms with Crippen molar-refractivity contribution >= 4 is 35.6 Å². The highest BCUT2D eigenvalue weighted by molar-refractivity contribution is 7.09. The first kappa shape index (κ1) is 19.9. The van der Waals surface area contributed by atoms with Gasteiger partial charge in [0.2, 0.25) is 11.8 Å². The zero-order valence-corrected chi connectivity index (χ0v) is 15.3. The number of hydrogen-bond acceptors (Lipinski definition) is 5. The van der Waals surface area contributed by atoms with E-state index in [0.29, 0.717) is 13.1 Å². The summed E-state index contributed by atoms with van der Waals surface area (Å²) in [5.41, 5.74) is 0. The van der Waals surface area contributed by atoms with Crippen LogP contribution in [0.5, 0.6) is 0 Å². The molecule has 2 rings (SSSR count). The second kappa shape index (κ2) is 9.87. The molecule has 1 N–H and O–H groups in total. The molecule has 0 bridgehead atoms. The van der Waals surface area contributed by atoms with Crippen LogP contribution in [0.3, 0.4) is 0 Å². The van der Waals surface area contributed by atoms with Crippen LogP contribution in [0.2, 0.25) is 0 Å². The smallest absolute Gasteiger partial charge is 0.236 e. The van der Waals surface area contributed by atoms with Crippen molar-refractivity contribution in [1.82, 2.24) is 20.0 Å². The third-order valence-corrected chi connectivity index (χ3v) is 4.54. The van der Waals surface area contributed by atoms with Crippen LogP contribution in [0.4, 0.5) is 0 Å². The third-order valence-electron chi connectivity index (χ3n) is 3.68. The minimum Gasteiger partial charge on any atom is -0.340 e. The van der Waals surface area contributed by atoms with E-state index in [1.165, 1.54) is 0 Å². The van der Waals surface area contributed by atoms with Crippen LogP contribution in [0.1, 0.15) is 4.88 Å². The van der Waals surface area contributed by atoms with E-state index in [1.54, 1.807) is 28.2 Å². The number of amides is 2. The Morgan fingerprint density at radius 3 is 2.57 bits per heavy atom. The summed E-state index contributed by atoms with van der Waals surface area (Å²) >= 11 is 1.64. The van der Waals surface area contributed by atoms with Gasteiger partial charge in [0, 0.05) is 38.1 Å². The van der Waals surface area contributed by atoms with Gasteiger partial charge in [0.15, 0.2) is 0 Å². The van der Waals surface area contributed by atoms with Gasteiger partial charge in [0.25, 0.3) is 0 Å². The Morgan fingerprint density at radius 2 is 1.96 bits per heavy atom. The number of rotatable bonds is 6. The lowest BCUT2D eigenvalue weighted by Gasteiger charge is -2.29. The van der Waals surface area contributed by atoms with E-state index >= 15 is 0 Å². The van der Waals surface area contributed by atoms with Crippen molar-refractivity contribution in [2.24, 2.45) is 0 Å². The summed E-state index contributed by atoms with van der Waals surface area (Å²) in [6.07, 6.45) is 0. The summed E-state index contributed by atoms with van der Waals surface area (Å²) in [5, 5.41) is 5.23. The molecule has 23 heavy (non-hydrogen) atoms. The molecule has 1 saturated heterocycles. The second-order valence-corrected chi connectivity index (χ2v) is 6.66. The molecular weight excluding hydrogens is 336 g/mol. The van der Waals surface area contributed by atoms with Crippen molar-refractivity contribution in [1.29, 1.82) is 0 Å². The van der Waals surface area contributed by atoms with Crippen molar-refractivity contribution in [2.45, 2.75) is 6.54 Å². The van der Waals surface area contributed by atoms with Crippen molar-refractivity contribution in [2.75, 3.05) is 53.4 Å². The van der Waals surface area contributed by atoms with Crippen LogP contribution in [0.15, 0.2) is 17.5 Å². The molecular formula is C15H25ClN4O2S. The molecule has 0 spiro atoms. The van der Waals surface area contributed by atoms with Crippen LogP contribution in [0, 0.1) is 0 Å². The number of carbonyl (C=O) groups is 2. The van der Waals surface area contributed by atoms with Gasteiger partial charge >= 0.3 is 0 Å². The van der Waals surface area contributed by atoms with Gasteiger partial charge in [-0.05, 0) is 18.5 Å². The summed E-state index contributed by atoms with van der Waals surface area (Å²) in [7, 11) is 3.62. The number of hydrogen-bond donors (Lipinski definition) is 1. The van der Waals surface area contributed by atoms with E-state index in [4.69, 9.17) is 0 Å². The van der Waals surface area contributed by atoms with Crippen molar-refractivity contribution in [3.63, 3.8) is 0 Å². The Labute approximate surface area is 147 Å². The van der Waals surface area contributed by atoms with Crippen molar-refractivity contribution in [3.8, 4) is 0 Å². The molecule has 1 fully saturated rings. The average Bonchev–Trinajstić information content (AvgIpc) is 3.00. The monoisotopic (exact) mass is 360 g/mol. The number of nitrogens with one attached hydrogen (secondary N) is 1. The summed E-state index contributed by atoms with van der Waals surface area (Å²) in [5.74, 6) is 0.127. The van der Waals surface area contributed by atoms with E-state index < -0.39 is 0 Å². The minimum atomic E-state index is 0. The Bertz CT molecular complexity index is 492. The maximum Gasteiger partial charge on any atom is 0.236 e. The van der Waals surface area contributed by atoms with Crippen LogP contribution < -0.4 is 5.32 Å². The molecule has 1 aliphatic rings. The van der Waals surface area contributed by atoms with Gasteiger partial charge in [-0.25, -0.2) is 0 Å². The molecule has 0 aliphatic carbocycles. The lowest BCUT2D eigenvalue weighted by atomic mass is 10.3. The van der Waals surface area contributed by atoms with Gasteiger partial charge < -0.3 is 15.1 Å². The molecule has 2 amide bonds. The largest absolute Gasteiger partial charge is 0.340 e. The predicted molar refractivity (Wildman–Crippen MR) is 95.0 cm³/mol. The standard InChI is InChI=1S/C15H24N4O2S.ClH/c1-17(12-15(21)19-7-5-16-6-8-19)11-14(20)18(2)10-13-4-3-9-22-13;/h3-4,9,16H,5-8,10-12H2,1-2H3;1H. The quantitative estimate of drug-likeness (QED) is 0.802. The topological polar surface area (TPSA) is 55.9 Å². The predicted octanol–water partition coefficient (Wildman–Crippen LogP) is 0.492. The fraction of sp³-hybridized carbons (Fsp3) is 0.600. The summed E-state index contributed by atoms with van der Waals surface area (Å²) in [4.78, 5) is 30.9. The number of likely N-dealkylation sites (N-methyl/N-ethyl adjacent to an activating group) is 2. The normalized spacial score (nSPS) is 14.5. The Balaban J connectivity index is 0.00000264. The molecule has 1 aliphatic heterocycles. The summed E-state index contributed by atoms with van der Waals surface area (Å²) < 4.78 is 0. The number of piperazine rings is 1. The lowest BCUT2D eigenvalue weighted by molar-refractivity contribution is -0.135. The first-order valence-corrected chi connectivity index (χ1v) is 8.37. The van der Waals surface area contributed by atoms with E-state index in [1.807, 2.05) is 29.5 Å². The van der Waals surface area contributed by atoms with E-state index in [9.17, 15) is 9.59 Å². The first-order chi connectivity index (χ1) is 10.6. The molecule has 0 saturated carbocycles. The Morgan fingerprint density at radius 1 is 1.26 bits per heavy atom. The van der Waals surface area contributed by atoms with Crippen molar-refractivity contribution in [3.05, 3.63) is 22.4 Å². The molecule has 2 heterocycles. The molecule has 0 atom stereocenters. The number of nitrogens with zero attached hydrogens (tertiary/aromatic N) is 3. The fourth-order valence-corrected chi connectivity index (χ4v) is 3.13. The highest BCUT2D eigenvalue weighted by Crippen LogP contribution is 2.10. The molecule has 0 aromatic carbocycles. The lowest BCUT2D eigenvalue weighted by Crippen LogP contribution is -2.50. The van der Waals surface area contributed by atoms with E-state index in [2.05, 4.69) is 5.32 Å². The molecule has 1 aromatic heterocycles. The van der Waals surface area contributed by atoms with Crippen LogP contribution in [-0.4, -0.2) is 79.9 Å². The number of halogens is 1. The minimum absolute atomic E-state index is 0. The number of carbonyl (C=O) groups excluding carboxylic acids is 2. The first-order valence-electron chi connectivity index (χ1n) is 7.49. The van der Waals surface area contributed by atoms with Gasteiger partial charge in [-0.2, -0.15) is 0 Å². The zero-order valence-electron chi connectivity index (χ0n) is 13.7. The van der Waals surface area contributed by atoms with Gasteiger partial charge in [0.05, 0.1) is 19.6 Å². The third kappa shape index (κ3) is 6.47. The van der Waals surface area contributed by atoms with E-state index in [-0.39, 0.29) is 30.8 Å². The van der Waals surface area contributed by atoms with Crippen LogP contribution in [-0.2, 0) is 16.1 Å². The van der Waals surface area contributed by atoms with Gasteiger partial charge in [0.1, 0.15) is 0 Å². The SMILES string of the molecule is CN(CC(=O)N(C)Cc1cccs1)CC(=O)N1CCNCC1.Cl. The highest BCUT2D eigenvalue weighted by Gasteiger charge is 2.19. The van der Waals surface area contributed by atoms with Gasteiger partial charge in [-0.1, -0.05) is 6.07 Å². The van der Waals surface area contributed by atoms with Crippen molar-refractivity contribution < 1.29 is 9.59 Å². The average molecular weight is 361 g/mol. The molecule has 8 heteroatoms. The molecule has 0 unspecified atom stereocenters. The van der Waals surface area contributed by atoms with Gasteiger partial charge in [-0.3, -0.25) is 14.5 Å². The summed E-state index contributed by atoms with van der Waals surface area (Å²) in [6, 6.07) is 4.00. The molecule has 1 aromatic rings.